The summed E-state index contributed by atoms with van der Waals surface area (Å²) in [6.45, 7) is 11.4. The number of hydrogen-bond donors (Lipinski definition) is 1. The number of phenolic OH excluding ortho intramolecular Hbond substituents is 1. The SMILES string of the molecule is CC(C)=CCC/C(C)=C/Cc1c(O)cc(C)c2c1OC(C)(C)OC2=O. The van der Waals surface area contributed by atoms with Crippen LogP contribution in [0.15, 0.2) is 29.4 Å². The fourth-order valence-electron chi connectivity index (χ4n) is 2.88. The smallest absolute Gasteiger partial charge is 0.345 e. The molecule has 1 aromatic rings. The molecular formula is C21H28O4. The summed E-state index contributed by atoms with van der Waals surface area (Å²) in [5.41, 5.74) is 4.24. The molecule has 0 aromatic heterocycles. The van der Waals surface area contributed by atoms with E-state index in [1.807, 2.05) is 0 Å². The van der Waals surface area contributed by atoms with Crippen LogP contribution < -0.4 is 4.74 Å². The third-order valence-electron chi connectivity index (χ3n) is 4.19. The van der Waals surface area contributed by atoms with Gasteiger partial charge in [0.05, 0.1) is 0 Å². The molecule has 1 heterocycles. The summed E-state index contributed by atoms with van der Waals surface area (Å²) in [4.78, 5) is 12.3. The zero-order valence-corrected chi connectivity index (χ0v) is 16.0. The van der Waals surface area contributed by atoms with Crippen LogP contribution in [-0.2, 0) is 11.2 Å². The molecule has 0 spiro atoms. The molecule has 0 saturated heterocycles. The van der Waals surface area contributed by atoms with Crippen molar-refractivity contribution in [3.8, 4) is 11.5 Å². The minimum Gasteiger partial charge on any atom is -0.508 e. The highest BCUT2D eigenvalue weighted by Crippen LogP contribution is 2.41. The average Bonchev–Trinajstić information content (AvgIpc) is 2.44. The lowest BCUT2D eigenvalue weighted by Crippen LogP contribution is -2.39. The number of esters is 1. The topological polar surface area (TPSA) is 55.8 Å². The summed E-state index contributed by atoms with van der Waals surface area (Å²) in [5, 5.41) is 10.4. The second kappa shape index (κ2) is 7.34. The second-order valence-corrected chi connectivity index (χ2v) is 7.36. The van der Waals surface area contributed by atoms with Gasteiger partial charge in [-0.25, -0.2) is 4.79 Å². The lowest BCUT2D eigenvalue weighted by atomic mass is 9.97. The van der Waals surface area contributed by atoms with Crippen molar-refractivity contribution in [1.82, 2.24) is 0 Å². The fraction of sp³-hybridized carbons (Fsp3) is 0.476. The molecular weight excluding hydrogens is 316 g/mol. The molecule has 0 bridgehead atoms. The number of hydrogen-bond acceptors (Lipinski definition) is 4. The number of fused-ring (bicyclic) bond motifs is 1. The molecule has 0 aliphatic carbocycles. The highest BCUT2D eigenvalue weighted by Gasteiger charge is 2.37. The van der Waals surface area contributed by atoms with E-state index in [1.54, 1.807) is 26.8 Å². The van der Waals surface area contributed by atoms with Gasteiger partial charge in [0.25, 0.3) is 0 Å². The van der Waals surface area contributed by atoms with Crippen molar-refractivity contribution in [1.29, 1.82) is 0 Å². The van der Waals surface area contributed by atoms with Gasteiger partial charge in [0, 0.05) is 19.4 Å². The molecule has 0 unspecified atom stereocenters. The van der Waals surface area contributed by atoms with Crippen molar-refractivity contribution >= 4 is 5.97 Å². The Balaban J connectivity index is 2.31. The molecule has 2 rings (SSSR count). The minimum atomic E-state index is -1.04. The van der Waals surface area contributed by atoms with E-state index >= 15 is 0 Å². The molecule has 0 radical (unpaired) electrons. The number of phenols is 1. The van der Waals surface area contributed by atoms with Crippen molar-refractivity contribution in [2.45, 2.75) is 66.6 Å². The standard InChI is InChI=1S/C21H28O4/c1-13(2)8-7-9-14(3)10-11-16-17(22)12-15(4)18-19(16)24-21(5,6)25-20(18)23/h8,10,12,22H,7,9,11H2,1-6H3/b14-10+. The zero-order valence-electron chi connectivity index (χ0n) is 16.0. The highest BCUT2D eigenvalue weighted by molar-refractivity contribution is 5.96. The highest BCUT2D eigenvalue weighted by atomic mass is 16.7. The van der Waals surface area contributed by atoms with E-state index in [2.05, 4.69) is 32.9 Å². The molecule has 0 amide bonds. The number of ether oxygens (including phenoxy) is 2. The van der Waals surface area contributed by atoms with Crippen LogP contribution in [0.25, 0.3) is 0 Å². The molecule has 25 heavy (non-hydrogen) atoms. The summed E-state index contributed by atoms with van der Waals surface area (Å²) in [6, 6.07) is 1.60. The number of carbonyl (C=O) groups is 1. The van der Waals surface area contributed by atoms with Crippen molar-refractivity contribution in [2.24, 2.45) is 0 Å². The van der Waals surface area contributed by atoms with Gasteiger partial charge in [-0.15, -0.1) is 0 Å². The number of rotatable bonds is 5. The van der Waals surface area contributed by atoms with Gasteiger partial charge < -0.3 is 14.6 Å². The number of carbonyl (C=O) groups excluding carboxylic acids is 1. The quantitative estimate of drug-likeness (QED) is 0.587. The molecule has 1 aliphatic rings. The Hall–Kier alpha value is -2.23. The second-order valence-electron chi connectivity index (χ2n) is 7.36. The van der Waals surface area contributed by atoms with Crippen LogP contribution >= 0.6 is 0 Å². The Labute approximate surface area is 150 Å². The van der Waals surface area contributed by atoms with Gasteiger partial charge in [0.1, 0.15) is 17.1 Å². The van der Waals surface area contributed by atoms with E-state index < -0.39 is 11.8 Å². The van der Waals surface area contributed by atoms with Crippen molar-refractivity contribution < 1.29 is 19.4 Å². The third kappa shape index (κ3) is 4.65. The number of allylic oxidation sites excluding steroid dienone is 4. The predicted molar refractivity (Wildman–Crippen MR) is 99.1 cm³/mol. The van der Waals surface area contributed by atoms with E-state index in [9.17, 15) is 9.90 Å². The minimum absolute atomic E-state index is 0.148. The van der Waals surface area contributed by atoms with Gasteiger partial charge >= 0.3 is 5.97 Å². The average molecular weight is 344 g/mol. The van der Waals surface area contributed by atoms with Gasteiger partial charge in [0.2, 0.25) is 5.79 Å². The number of aromatic hydroxyl groups is 1. The lowest BCUT2D eigenvalue weighted by molar-refractivity contribution is -0.127. The number of aryl methyl sites for hydroxylation is 1. The van der Waals surface area contributed by atoms with Gasteiger partial charge in [-0.3, -0.25) is 0 Å². The third-order valence-corrected chi connectivity index (χ3v) is 4.19. The van der Waals surface area contributed by atoms with Crippen molar-refractivity contribution in [3.05, 3.63) is 46.1 Å². The van der Waals surface area contributed by atoms with Crippen LogP contribution in [0.2, 0.25) is 0 Å². The Morgan fingerprint density at radius 1 is 1.20 bits per heavy atom. The lowest BCUT2D eigenvalue weighted by Gasteiger charge is -2.33. The van der Waals surface area contributed by atoms with Gasteiger partial charge in [0.15, 0.2) is 0 Å². The van der Waals surface area contributed by atoms with E-state index in [0.29, 0.717) is 28.9 Å². The Morgan fingerprint density at radius 2 is 1.88 bits per heavy atom. The summed E-state index contributed by atoms with van der Waals surface area (Å²) in [5.74, 6) is -0.863. The van der Waals surface area contributed by atoms with Gasteiger partial charge in [-0.1, -0.05) is 23.3 Å². The maximum absolute atomic E-state index is 12.3. The first-order valence-corrected chi connectivity index (χ1v) is 8.67. The molecule has 0 fully saturated rings. The van der Waals surface area contributed by atoms with Crippen molar-refractivity contribution in [2.75, 3.05) is 0 Å². The van der Waals surface area contributed by atoms with Crippen LogP contribution in [0.4, 0.5) is 0 Å². The van der Waals surface area contributed by atoms with E-state index in [-0.39, 0.29) is 5.75 Å². The molecule has 1 aliphatic heterocycles. The first-order chi connectivity index (χ1) is 11.6. The summed E-state index contributed by atoms with van der Waals surface area (Å²) < 4.78 is 11.2. The monoisotopic (exact) mass is 344 g/mol. The number of benzene rings is 1. The summed E-state index contributed by atoms with van der Waals surface area (Å²) >= 11 is 0. The Kier molecular flexibility index (Phi) is 5.61. The molecule has 1 aromatic carbocycles. The first-order valence-electron chi connectivity index (χ1n) is 8.67. The first kappa shape index (κ1) is 19.1. The van der Waals surface area contributed by atoms with Gasteiger partial charge in [-0.2, -0.15) is 0 Å². The Bertz CT molecular complexity index is 735. The van der Waals surface area contributed by atoms with E-state index in [1.165, 1.54) is 11.1 Å². The number of cyclic esters (lactones) is 1. The van der Waals surface area contributed by atoms with Crippen LogP contribution in [0, 0.1) is 6.92 Å². The molecule has 4 nitrogen and oxygen atoms in total. The van der Waals surface area contributed by atoms with Crippen LogP contribution in [0.1, 0.15) is 68.9 Å². The Morgan fingerprint density at radius 3 is 2.52 bits per heavy atom. The van der Waals surface area contributed by atoms with Crippen LogP contribution in [0.3, 0.4) is 0 Å². The predicted octanol–water partition coefficient (Wildman–Crippen LogP) is 5.22. The van der Waals surface area contributed by atoms with E-state index in [4.69, 9.17) is 9.47 Å². The molecule has 0 saturated carbocycles. The summed E-state index contributed by atoms with van der Waals surface area (Å²) in [7, 11) is 0. The van der Waals surface area contributed by atoms with Crippen LogP contribution in [-0.4, -0.2) is 16.9 Å². The molecule has 0 atom stereocenters. The fourth-order valence-corrected chi connectivity index (χ4v) is 2.88. The van der Waals surface area contributed by atoms with E-state index in [0.717, 1.165) is 12.8 Å². The van der Waals surface area contributed by atoms with Gasteiger partial charge in [-0.05, 0) is 58.6 Å². The van der Waals surface area contributed by atoms with Crippen molar-refractivity contribution in [3.63, 3.8) is 0 Å². The van der Waals surface area contributed by atoms with Crippen LogP contribution in [0.5, 0.6) is 11.5 Å². The largest absolute Gasteiger partial charge is 0.508 e. The normalized spacial score (nSPS) is 15.9. The summed E-state index contributed by atoms with van der Waals surface area (Å²) in [6.07, 6.45) is 6.77. The molecule has 136 valence electrons. The maximum Gasteiger partial charge on any atom is 0.345 e. The molecule has 4 heteroatoms. The maximum atomic E-state index is 12.3. The zero-order chi connectivity index (χ0) is 18.8. The molecule has 1 N–H and O–H groups in total.